The first kappa shape index (κ1) is 18.0. The molecule has 0 radical (unpaired) electrons. The number of amides is 1. The molecule has 2 aromatic rings. The summed E-state index contributed by atoms with van der Waals surface area (Å²) in [7, 11) is 1.61. The number of rotatable bonds is 4. The van der Waals surface area contributed by atoms with E-state index in [1.165, 1.54) is 56.1 Å². The molecule has 1 N–H and O–H groups in total. The summed E-state index contributed by atoms with van der Waals surface area (Å²) in [6, 6.07) is 10.5. The summed E-state index contributed by atoms with van der Waals surface area (Å²) in [5.74, 6) is 1.17. The maximum atomic E-state index is 11.6. The van der Waals surface area contributed by atoms with Gasteiger partial charge in [-0.3, -0.25) is 9.69 Å². The second kappa shape index (κ2) is 8.09. The van der Waals surface area contributed by atoms with Gasteiger partial charge >= 0.3 is 0 Å². The SMILES string of the molecule is CNC(=O)c1ccc(Oc2ccc3c(c2)CC(N2CCCCCC2)C3)nc1. The van der Waals surface area contributed by atoms with Crippen LogP contribution in [0.1, 0.15) is 47.2 Å². The Labute approximate surface area is 160 Å². The number of hydrogen-bond donors (Lipinski definition) is 1. The summed E-state index contributed by atoms with van der Waals surface area (Å²) in [5, 5.41) is 2.59. The number of likely N-dealkylation sites (tertiary alicyclic amines) is 1. The van der Waals surface area contributed by atoms with E-state index in [9.17, 15) is 4.79 Å². The van der Waals surface area contributed by atoms with E-state index in [2.05, 4.69) is 27.3 Å². The van der Waals surface area contributed by atoms with Gasteiger partial charge in [-0.05, 0) is 68.1 Å². The number of nitrogens with zero attached hydrogens (tertiary/aromatic N) is 2. The highest BCUT2D eigenvalue weighted by atomic mass is 16.5. The van der Waals surface area contributed by atoms with Crippen LogP contribution >= 0.6 is 0 Å². The lowest BCUT2D eigenvalue weighted by atomic mass is 10.1. The predicted molar refractivity (Wildman–Crippen MR) is 105 cm³/mol. The summed E-state index contributed by atoms with van der Waals surface area (Å²) in [5.41, 5.74) is 3.36. The van der Waals surface area contributed by atoms with Gasteiger partial charge in [-0.25, -0.2) is 4.98 Å². The van der Waals surface area contributed by atoms with Crippen LogP contribution in [0.5, 0.6) is 11.6 Å². The second-order valence-corrected chi connectivity index (χ2v) is 7.51. The van der Waals surface area contributed by atoms with E-state index in [-0.39, 0.29) is 5.91 Å². The highest BCUT2D eigenvalue weighted by Gasteiger charge is 2.27. The van der Waals surface area contributed by atoms with Crippen molar-refractivity contribution in [2.75, 3.05) is 20.1 Å². The van der Waals surface area contributed by atoms with Gasteiger partial charge in [-0.1, -0.05) is 18.9 Å². The van der Waals surface area contributed by atoms with Crippen LogP contribution in [0, 0.1) is 0 Å². The summed E-state index contributed by atoms with van der Waals surface area (Å²) in [4.78, 5) is 18.5. The molecular formula is C22H27N3O2. The fraction of sp³-hybridized carbons (Fsp3) is 0.455. The molecule has 0 saturated carbocycles. The summed E-state index contributed by atoms with van der Waals surface area (Å²) in [6.45, 7) is 2.48. The highest BCUT2D eigenvalue weighted by Crippen LogP contribution is 2.31. The first-order valence-corrected chi connectivity index (χ1v) is 9.95. The fourth-order valence-electron chi connectivity index (χ4n) is 4.19. The van der Waals surface area contributed by atoms with Gasteiger partial charge in [0, 0.05) is 25.4 Å². The van der Waals surface area contributed by atoms with E-state index < -0.39 is 0 Å². The minimum atomic E-state index is -0.147. The van der Waals surface area contributed by atoms with Crippen molar-refractivity contribution in [2.24, 2.45) is 0 Å². The van der Waals surface area contributed by atoms with Crippen LogP contribution in [0.2, 0.25) is 0 Å². The number of nitrogens with one attached hydrogen (secondary N) is 1. The van der Waals surface area contributed by atoms with Crippen LogP contribution in [-0.4, -0.2) is 42.0 Å². The maximum Gasteiger partial charge on any atom is 0.252 e. The first-order chi connectivity index (χ1) is 13.2. The van der Waals surface area contributed by atoms with Crippen LogP contribution in [0.4, 0.5) is 0 Å². The molecule has 5 heteroatoms. The molecule has 0 spiro atoms. The molecule has 5 nitrogen and oxygen atoms in total. The molecule has 1 unspecified atom stereocenters. The van der Waals surface area contributed by atoms with Gasteiger partial charge in [0.1, 0.15) is 5.75 Å². The number of pyridine rings is 1. The van der Waals surface area contributed by atoms with Crippen molar-refractivity contribution >= 4 is 5.91 Å². The van der Waals surface area contributed by atoms with Crippen molar-refractivity contribution in [3.05, 3.63) is 53.2 Å². The molecule has 1 aromatic carbocycles. The Kier molecular flexibility index (Phi) is 5.39. The van der Waals surface area contributed by atoms with Crippen molar-refractivity contribution in [1.29, 1.82) is 0 Å². The second-order valence-electron chi connectivity index (χ2n) is 7.51. The zero-order valence-electron chi connectivity index (χ0n) is 15.9. The molecule has 1 aromatic heterocycles. The Morgan fingerprint density at radius 2 is 1.85 bits per heavy atom. The maximum absolute atomic E-state index is 11.6. The van der Waals surface area contributed by atoms with Crippen molar-refractivity contribution in [3.63, 3.8) is 0 Å². The normalized spacial score (nSPS) is 20.0. The molecule has 1 saturated heterocycles. The summed E-state index contributed by atoms with van der Waals surface area (Å²) in [6.07, 6.45) is 9.21. The predicted octanol–water partition coefficient (Wildman–Crippen LogP) is 3.58. The van der Waals surface area contributed by atoms with Gasteiger partial charge in [0.25, 0.3) is 5.91 Å². The summed E-state index contributed by atoms with van der Waals surface area (Å²) < 4.78 is 5.92. The van der Waals surface area contributed by atoms with Crippen molar-refractivity contribution < 1.29 is 9.53 Å². The Morgan fingerprint density at radius 1 is 1.07 bits per heavy atom. The Morgan fingerprint density at radius 3 is 2.56 bits per heavy atom. The topological polar surface area (TPSA) is 54.5 Å². The third kappa shape index (κ3) is 4.14. The number of hydrogen-bond acceptors (Lipinski definition) is 4. The number of benzene rings is 1. The minimum Gasteiger partial charge on any atom is -0.439 e. The molecule has 0 bridgehead atoms. The average molecular weight is 365 g/mol. The lowest BCUT2D eigenvalue weighted by Gasteiger charge is -2.26. The highest BCUT2D eigenvalue weighted by molar-refractivity contribution is 5.93. The zero-order valence-corrected chi connectivity index (χ0v) is 15.9. The Bertz CT molecular complexity index is 796. The van der Waals surface area contributed by atoms with Crippen LogP contribution in [0.3, 0.4) is 0 Å². The van der Waals surface area contributed by atoms with E-state index >= 15 is 0 Å². The molecule has 1 amide bonds. The standard InChI is InChI=1S/C22H27N3O2/c1-23-22(26)17-7-9-21(24-15-17)27-20-8-6-16-12-19(13-18(16)14-20)25-10-4-2-3-5-11-25/h6-9,14-15,19H,2-5,10-13H2,1H3,(H,23,26). The van der Waals surface area contributed by atoms with Gasteiger partial charge in [0.05, 0.1) is 5.56 Å². The van der Waals surface area contributed by atoms with Gasteiger partial charge in [-0.2, -0.15) is 0 Å². The lowest BCUT2D eigenvalue weighted by Crippen LogP contribution is -2.36. The molecular weight excluding hydrogens is 338 g/mol. The molecule has 1 fully saturated rings. The van der Waals surface area contributed by atoms with Crippen LogP contribution in [0.15, 0.2) is 36.5 Å². The van der Waals surface area contributed by atoms with Crippen LogP contribution in [0.25, 0.3) is 0 Å². The third-order valence-electron chi connectivity index (χ3n) is 5.69. The zero-order chi connectivity index (χ0) is 18.6. The smallest absolute Gasteiger partial charge is 0.252 e. The van der Waals surface area contributed by atoms with Gasteiger partial charge in [0.15, 0.2) is 0 Å². The van der Waals surface area contributed by atoms with Gasteiger partial charge in [0.2, 0.25) is 5.88 Å². The van der Waals surface area contributed by atoms with E-state index in [0.29, 0.717) is 17.5 Å². The number of ether oxygens (including phenoxy) is 1. The lowest BCUT2D eigenvalue weighted by molar-refractivity contribution is 0.0962. The Hall–Kier alpha value is -2.40. The summed E-state index contributed by atoms with van der Waals surface area (Å²) >= 11 is 0. The molecule has 1 aliphatic heterocycles. The van der Waals surface area contributed by atoms with Crippen molar-refractivity contribution in [3.8, 4) is 11.6 Å². The molecule has 4 rings (SSSR count). The Balaban J connectivity index is 1.42. The molecule has 142 valence electrons. The molecule has 1 aliphatic carbocycles. The first-order valence-electron chi connectivity index (χ1n) is 9.95. The quantitative estimate of drug-likeness (QED) is 0.900. The third-order valence-corrected chi connectivity index (χ3v) is 5.69. The van der Waals surface area contributed by atoms with Crippen molar-refractivity contribution in [2.45, 2.75) is 44.6 Å². The molecule has 2 heterocycles. The number of fused-ring (bicyclic) bond motifs is 1. The van der Waals surface area contributed by atoms with Crippen molar-refractivity contribution in [1.82, 2.24) is 15.2 Å². The van der Waals surface area contributed by atoms with Gasteiger partial charge < -0.3 is 10.1 Å². The molecule has 1 atom stereocenters. The largest absolute Gasteiger partial charge is 0.439 e. The van der Waals surface area contributed by atoms with Crippen LogP contribution in [-0.2, 0) is 12.8 Å². The molecule has 27 heavy (non-hydrogen) atoms. The monoisotopic (exact) mass is 365 g/mol. The molecule has 2 aliphatic rings. The minimum absolute atomic E-state index is 0.147. The number of aromatic nitrogens is 1. The van der Waals surface area contributed by atoms with E-state index in [0.717, 1.165) is 18.6 Å². The van der Waals surface area contributed by atoms with E-state index in [1.54, 1.807) is 19.2 Å². The fourth-order valence-corrected chi connectivity index (χ4v) is 4.19. The number of carbonyl (C=O) groups excluding carboxylic acids is 1. The van der Waals surface area contributed by atoms with E-state index in [4.69, 9.17) is 4.74 Å². The van der Waals surface area contributed by atoms with Crippen LogP contribution < -0.4 is 10.1 Å². The van der Waals surface area contributed by atoms with E-state index in [1.807, 2.05) is 6.07 Å². The number of carbonyl (C=O) groups is 1. The average Bonchev–Trinajstić information content (AvgIpc) is 2.93. The van der Waals surface area contributed by atoms with Gasteiger partial charge in [-0.15, -0.1) is 0 Å².